The normalized spacial score (nSPS) is 31.3. The summed E-state index contributed by atoms with van der Waals surface area (Å²) in [5.41, 5.74) is 0. The minimum Gasteiger partial charge on any atom is -0.393 e. The maximum absolute atomic E-state index is 10.8. The standard InChI is InChI=1S/C13H24O2/c14-11-12-7-5-3-1-2-4-6-8-13(15)10-9-12/h11-13,15H,1-10H2. The van der Waals surface area contributed by atoms with Gasteiger partial charge in [0.2, 0.25) is 0 Å². The molecular weight excluding hydrogens is 188 g/mol. The van der Waals surface area contributed by atoms with Crippen molar-refractivity contribution in [2.45, 2.75) is 70.3 Å². The highest BCUT2D eigenvalue weighted by Gasteiger charge is 2.11. The molecule has 0 saturated heterocycles. The van der Waals surface area contributed by atoms with Crippen LogP contribution in [0.5, 0.6) is 0 Å². The first-order valence-corrected chi connectivity index (χ1v) is 6.46. The number of hydrogen-bond donors (Lipinski definition) is 1. The van der Waals surface area contributed by atoms with Crippen molar-refractivity contribution in [2.75, 3.05) is 0 Å². The first-order valence-electron chi connectivity index (χ1n) is 6.46. The van der Waals surface area contributed by atoms with E-state index in [4.69, 9.17) is 0 Å². The fourth-order valence-electron chi connectivity index (χ4n) is 2.32. The van der Waals surface area contributed by atoms with E-state index in [0.29, 0.717) is 0 Å². The summed E-state index contributed by atoms with van der Waals surface area (Å²) < 4.78 is 0. The number of rotatable bonds is 1. The van der Waals surface area contributed by atoms with Gasteiger partial charge >= 0.3 is 0 Å². The Hall–Kier alpha value is -0.370. The molecule has 2 atom stereocenters. The van der Waals surface area contributed by atoms with Gasteiger partial charge in [0.05, 0.1) is 6.10 Å². The average Bonchev–Trinajstić information content (AvgIpc) is 2.23. The van der Waals surface area contributed by atoms with Crippen LogP contribution < -0.4 is 0 Å². The van der Waals surface area contributed by atoms with Crippen LogP contribution in [0.1, 0.15) is 64.2 Å². The molecule has 88 valence electrons. The second-order valence-corrected chi connectivity index (χ2v) is 4.83. The maximum atomic E-state index is 10.8. The lowest BCUT2D eigenvalue weighted by Gasteiger charge is -2.15. The molecule has 2 nitrogen and oxygen atoms in total. The molecule has 0 bridgehead atoms. The summed E-state index contributed by atoms with van der Waals surface area (Å²) in [5, 5.41) is 9.69. The summed E-state index contributed by atoms with van der Waals surface area (Å²) in [4.78, 5) is 10.8. The average molecular weight is 212 g/mol. The van der Waals surface area contributed by atoms with E-state index in [1.165, 1.54) is 32.1 Å². The van der Waals surface area contributed by atoms with Crippen LogP contribution in [0.4, 0.5) is 0 Å². The van der Waals surface area contributed by atoms with Crippen molar-refractivity contribution >= 4 is 6.29 Å². The Morgan fingerprint density at radius 1 is 0.800 bits per heavy atom. The summed E-state index contributed by atoms with van der Waals surface area (Å²) in [7, 11) is 0. The zero-order valence-corrected chi connectivity index (χ0v) is 9.66. The van der Waals surface area contributed by atoms with Gasteiger partial charge in [-0.3, -0.25) is 0 Å². The lowest BCUT2D eigenvalue weighted by atomic mass is 9.93. The Bertz CT molecular complexity index is 168. The van der Waals surface area contributed by atoms with Gasteiger partial charge in [-0.15, -0.1) is 0 Å². The molecule has 15 heavy (non-hydrogen) atoms. The van der Waals surface area contributed by atoms with Crippen LogP contribution in [0, 0.1) is 5.92 Å². The molecule has 1 rings (SSSR count). The van der Waals surface area contributed by atoms with Crippen LogP contribution in [-0.2, 0) is 4.79 Å². The van der Waals surface area contributed by atoms with Crippen LogP contribution in [0.2, 0.25) is 0 Å². The van der Waals surface area contributed by atoms with E-state index in [1.807, 2.05) is 0 Å². The van der Waals surface area contributed by atoms with Crippen molar-refractivity contribution in [3.8, 4) is 0 Å². The molecule has 0 radical (unpaired) electrons. The molecule has 0 aromatic carbocycles. The third-order valence-corrected chi connectivity index (χ3v) is 3.43. The molecule has 1 fully saturated rings. The number of aliphatic hydroxyl groups excluding tert-OH is 1. The molecule has 2 unspecified atom stereocenters. The van der Waals surface area contributed by atoms with Crippen LogP contribution in [0.15, 0.2) is 0 Å². The number of hydrogen-bond acceptors (Lipinski definition) is 2. The summed E-state index contributed by atoms with van der Waals surface area (Å²) in [6.07, 6.45) is 12.0. The van der Waals surface area contributed by atoms with Crippen molar-refractivity contribution in [1.82, 2.24) is 0 Å². The van der Waals surface area contributed by atoms with Crippen molar-refractivity contribution in [2.24, 2.45) is 5.92 Å². The van der Waals surface area contributed by atoms with E-state index in [9.17, 15) is 9.90 Å². The van der Waals surface area contributed by atoms with Crippen LogP contribution in [0.25, 0.3) is 0 Å². The zero-order chi connectivity index (χ0) is 10.9. The van der Waals surface area contributed by atoms with Gasteiger partial charge in [0.15, 0.2) is 0 Å². The highest BCUT2D eigenvalue weighted by Crippen LogP contribution is 2.19. The minimum atomic E-state index is -0.174. The first-order chi connectivity index (χ1) is 7.33. The quantitative estimate of drug-likeness (QED) is 0.678. The number of aliphatic hydroxyl groups is 1. The van der Waals surface area contributed by atoms with Crippen molar-refractivity contribution in [1.29, 1.82) is 0 Å². The molecule has 0 aromatic heterocycles. The monoisotopic (exact) mass is 212 g/mol. The molecule has 1 aliphatic carbocycles. The van der Waals surface area contributed by atoms with Crippen LogP contribution in [-0.4, -0.2) is 17.5 Å². The van der Waals surface area contributed by atoms with Crippen molar-refractivity contribution < 1.29 is 9.90 Å². The highest BCUT2D eigenvalue weighted by molar-refractivity contribution is 5.53. The highest BCUT2D eigenvalue weighted by atomic mass is 16.3. The Labute approximate surface area is 93.1 Å². The third-order valence-electron chi connectivity index (χ3n) is 3.43. The summed E-state index contributed by atoms with van der Waals surface area (Å²) in [5.74, 6) is 0.194. The maximum Gasteiger partial charge on any atom is 0.123 e. The molecular formula is C13H24O2. The van der Waals surface area contributed by atoms with E-state index >= 15 is 0 Å². The molecule has 2 heteroatoms. The number of aldehydes is 1. The predicted octanol–water partition coefficient (Wildman–Crippen LogP) is 3.08. The lowest BCUT2D eigenvalue weighted by Crippen LogP contribution is -2.11. The molecule has 1 N–H and O–H groups in total. The molecule has 0 heterocycles. The van der Waals surface area contributed by atoms with E-state index in [2.05, 4.69) is 0 Å². The molecule has 0 spiro atoms. The van der Waals surface area contributed by atoms with Gasteiger partial charge in [0, 0.05) is 5.92 Å². The van der Waals surface area contributed by atoms with Crippen LogP contribution >= 0.6 is 0 Å². The summed E-state index contributed by atoms with van der Waals surface area (Å²) in [6, 6.07) is 0. The lowest BCUT2D eigenvalue weighted by molar-refractivity contribution is -0.111. The Balaban J connectivity index is 2.30. The van der Waals surface area contributed by atoms with E-state index in [0.717, 1.165) is 38.4 Å². The second-order valence-electron chi connectivity index (χ2n) is 4.83. The van der Waals surface area contributed by atoms with Gasteiger partial charge < -0.3 is 9.90 Å². The third kappa shape index (κ3) is 5.93. The number of carbonyl (C=O) groups excluding carboxylic acids is 1. The number of carbonyl (C=O) groups is 1. The molecule has 0 aromatic rings. The topological polar surface area (TPSA) is 37.3 Å². The molecule has 1 aliphatic rings. The summed E-state index contributed by atoms with van der Waals surface area (Å²) >= 11 is 0. The van der Waals surface area contributed by atoms with E-state index in [-0.39, 0.29) is 12.0 Å². The Morgan fingerprint density at radius 2 is 1.40 bits per heavy atom. The van der Waals surface area contributed by atoms with Crippen LogP contribution in [0.3, 0.4) is 0 Å². The fraction of sp³-hybridized carbons (Fsp3) is 0.923. The molecule has 0 amide bonds. The molecule has 0 aliphatic heterocycles. The van der Waals surface area contributed by atoms with Gasteiger partial charge in [0.1, 0.15) is 6.29 Å². The largest absolute Gasteiger partial charge is 0.393 e. The first kappa shape index (κ1) is 12.7. The van der Waals surface area contributed by atoms with Gasteiger partial charge in [0.25, 0.3) is 0 Å². The second kappa shape index (κ2) is 7.86. The van der Waals surface area contributed by atoms with Gasteiger partial charge in [-0.2, -0.15) is 0 Å². The predicted molar refractivity (Wildman–Crippen MR) is 61.7 cm³/mol. The Morgan fingerprint density at radius 3 is 2.07 bits per heavy atom. The van der Waals surface area contributed by atoms with Gasteiger partial charge in [-0.25, -0.2) is 0 Å². The minimum absolute atomic E-state index is 0.174. The van der Waals surface area contributed by atoms with Gasteiger partial charge in [-0.1, -0.05) is 38.5 Å². The Kier molecular flexibility index (Phi) is 6.66. The van der Waals surface area contributed by atoms with E-state index in [1.54, 1.807) is 0 Å². The smallest absolute Gasteiger partial charge is 0.123 e. The van der Waals surface area contributed by atoms with Crippen molar-refractivity contribution in [3.05, 3.63) is 0 Å². The van der Waals surface area contributed by atoms with Crippen molar-refractivity contribution in [3.63, 3.8) is 0 Å². The van der Waals surface area contributed by atoms with E-state index < -0.39 is 0 Å². The van der Waals surface area contributed by atoms with Gasteiger partial charge in [-0.05, 0) is 25.7 Å². The summed E-state index contributed by atoms with van der Waals surface area (Å²) in [6.45, 7) is 0. The zero-order valence-electron chi connectivity index (χ0n) is 9.66. The SMILES string of the molecule is O=CC1CCCCCCCCC(O)CC1. The fourth-order valence-corrected chi connectivity index (χ4v) is 2.32. The molecule has 1 saturated carbocycles.